The summed E-state index contributed by atoms with van der Waals surface area (Å²) in [6.45, 7) is 0.162. The molecule has 1 aromatic rings. The molecule has 22 heavy (non-hydrogen) atoms. The molecule has 5 nitrogen and oxygen atoms in total. The summed E-state index contributed by atoms with van der Waals surface area (Å²) in [6, 6.07) is 3.00. The predicted octanol–water partition coefficient (Wildman–Crippen LogP) is 1.56. The second kappa shape index (κ2) is 6.66. The van der Waals surface area contributed by atoms with E-state index in [1.165, 1.54) is 21.9 Å². The fraction of sp³-hybridized carbons (Fsp3) is 0.538. The molecule has 0 atom stereocenters. The molecule has 0 radical (unpaired) electrons. The normalized spacial score (nSPS) is 17.3. The maximum atomic E-state index is 12.4. The highest BCUT2D eigenvalue weighted by Crippen LogP contribution is 2.20. The zero-order chi connectivity index (χ0) is 16.3. The van der Waals surface area contributed by atoms with Gasteiger partial charge in [0, 0.05) is 26.2 Å². The van der Waals surface area contributed by atoms with Crippen molar-refractivity contribution in [2.24, 2.45) is 5.73 Å². The van der Waals surface area contributed by atoms with Crippen LogP contribution >= 0.6 is 11.3 Å². The Morgan fingerprint density at radius 3 is 2.41 bits per heavy atom. The lowest BCUT2D eigenvalue weighted by Gasteiger charge is -2.22. The highest BCUT2D eigenvalue weighted by atomic mass is 32.1. The molecule has 1 aliphatic rings. The molecular formula is C13H16F3N3O2S. The van der Waals surface area contributed by atoms with Crippen molar-refractivity contribution in [2.75, 3.05) is 32.7 Å². The number of hydrogen-bond donors (Lipinski definition) is 1. The predicted molar refractivity (Wildman–Crippen MR) is 75.9 cm³/mol. The van der Waals surface area contributed by atoms with E-state index in [9.17, 15) is 22.8 Å². The van der Waals surface area contributed by atoms with Crippen LogP contribution < -0.4 is 5.73 Å². The standard InChI is InChI=1S/C13H16F3N3O2S/c14-13(15,16)8-18-4-1-5-19(7-6-18)12(21)10-3-2-9(22-10)11(17)20/h2-3H,1,4-8H2,(H2,17,20). The topological polar surface area (TPSA) is 66.6 Å². The number of carbonyl (C=O) groups excluding carboxylic acids is 2. The van der Waals surface area contributed by atoms with E-state index in [2.05, 4.69) is 0 Å². The third kappa shape index (κ3) is 4.44. The van der Waals surface area contributed by atoms with E-state index in [0.29, 0.717) is 24.4 Å². The summed E-state index contributed by atoms with van der Waals surface area (Å²) in [7, 11) is 0. The van der Waals surface area contributed by atoms with Crippen molar-refractivity contribution in [1.82, 2.24) is 9.80 Å². The first-order chi connectivity index (χ1) is 10.3. The van der Waals surface area contributed by atoms with Crippen molar-refractivity contribution in [3.05, 3.63) is 21.9 Å². The summed E-state index contributed by atoms with van der Waals surface area (Å²) in [5.74, 6) is -0.873. The number of hydrogen-bond acceptors (Lipinski definition) is 4. The molecule has 122 valence electrons. The van der Waals surface area contributed by atoms with Crippen LogP contribution in [0.5, 0.6) is 0 Å². The fourth-order valence-electron chi connectivity index (χ4n) is 2.33. The second-order valence-electron chi connectivity index (χ2n) is 5.07. The lowest BCUT2D eigenvalue weighted by atomic mass is 10.3. The van der Waals surface area contributed by atoms with Gasteiger partial charge in [0.05, 0.1) is 16.3 Å². The Morgan fingerprint density at radius 2 is 1.82 bits per heavy atom. The van der Waals surface area contributed by atoms with Crippen LogP contribution in [-0.2, 0) is 0 Å². The number of primary amides is 1. The maximum absolute atomic E-state index is 12.4. The Morgan fingerprint density at radius 1 is 1.14 bits per heavy atom. The Bertz CT molecular complexity index is 559. The largest absolute Gasteiger partial charge is 0.401 e. The number of nitrogens with two attached hydrogens (primary N) is 1. The van der Waals surface area contributed by atoms with E-state index < -0.39 is 18.6 Å². The third-order valence-electron chi connectivity index (χ3n) is 3.34. The summed E-state index contributed by atoms with van der Waals surface area (Å²) in [5.41, 5.74) is 5.14. The summed E-state index contributed by atoms with van der Waals surface area (Å²) in [6.07, 6.45) is -3.75. The van der Waals surface area contributed by atoms with Gasteiger partial charge in [-0.2, -0.15) is 13.2 Å². The van der Waals surface area contributed by atoms with Gasteiger partial charge in [0.25, 0.3) is 11.8 Å². The van der Waals surface area contributed by atoms with E-state index >= 15 is 0 Å². The first-order valence-corrected chi connectivity index (χ1v) is 7.56. The first-order valence-electron chi connectivity index (χ1n) is 6.74. The number of alkyl halides is 3. The molecule has 9 heteroatoms. The Kier molecular flexibility index (Phi) is 5.07. The molecule has 2 amide bonds. The lowest BCUT2D eigenvalue weighted by molar-refractivity contribution is -0.145. The van der Waals surface area contributed by atoms with Crippen LogP contribution in [0.3, 0.4) is 0 Å². The van der Waals surface area contributed by atoms with Gasteiger partial charge in [-0.15, -0.1) is 11.3 Å². The second-order valence-corrected chi connectivity index (χ2v) is 6.15. The quantitative estimate of drug-likeness (QED) is 0.911. The average Bonchev–Trinajstić information content (AvgIpc) is 2.79. The lowest BCUT2D eigenvalue weighted by Crippen LogP contribution is -2.38. The van der Waals surface area contributed by atoms with Gasteiger partial charge in [0.1, 0.15) is 0 Å². The molecule has 1 saturated heterocycles. The summed E-state index contributed by atoms with van der Waals surface area (Å²) >= 11 is 1.00. The number of rotatable bonds is 3. The van der Waals surface area contributed by atoms with Crippen LogP contribution in [0.2, 0.25) is 0 Å². The van der Waals surface area contributed by atoms with Crippen LogP contribution in [0, 0.1) is 0 Å². The highest BCUT2D eigenvalue weighted by molar-refractivity contribution is 7.15. The van der Waals surface area contributed by atoms with Gasteiger partial charge in [0.15, 0.2) is 0 Å². The van der Waals surface area contributed by atoms with Gasteiger partial charge in [-0.05, 0) is 18.6 Å². The molecule has 0 aliphatic carbocycles. The summed E-state index contributed by atoms with van der Waals surface area (Å²) < 4.78 is 37.2. The van der Waals surface area contributed by atoms with Crippen LogP contribution in [0.15, 0.2) is 12.1 Å². The van der Waals surface area contributed by atoms with E-state index in [4.69, 9.17) is 5.73 Å². The number of amides is 2. The monoisotopic (exact) mass is 335 g/mol. The van der Waals surface area contributed by atoms with Gasteiger partial charge < -0.3 is 10.6 Å². The molecule has 2 rings (SSSR count). The number of halogens is 3. The van der Waals surface area contributed by atoms with Crippen molar-refractivity contribution in [2.45, 2.75) is 12.6 Å². The fourth-order valence-corrected chi connectivity index (χ4v) is 3.15. The van der Waals surface area contributed by atoms with Crippen molar-refractivity contribution >= 4 is 23.2 Å². The summed E-state index contributed by atoms with van der Waals surface area (Å²) in [4.78, 5) is 26.8. The van der Waals surface area contributed by atoms with Crippen molar-refractivity contribution < 1.29 is 22.8 Å². The summed E-state index contributed by atoms with van der Waals surface area (Å²) in [5, 5.41) is 0. The van der Waals surface area contributed by atoms with Gasteiger partial charge in [-0.25, -0.2) is 0 Å². The molecule has 0 aromatic carbocycles. The minimum Gasteiger partial charge on any atom is -0.365 e. The van der Waals surface area contributed by atoms with Gasteiger partial charge in [-0.3, -0.25) is 14.5 Å². The maximum Gasteiger partial charge on any atom is 0.401 e. The van der Waals surface area contributed by atoms with Crippen LogP contribution in [0.4, 0.5) is 13.2 Å². The van der Waals surface area contributed by atoms with Gasteiger partial charge in [0.2, 0.25) is 0 Å². The van der Waals surface area contributed by atoms with Crippen LogP contribution in [0.1, 0.15) is 25.8 Å². The van der Waals surface area contributed by atoms with Gasteiger partial charge >= 0.3 is 6.18 Å². The Labute approximate surface area is 129 Å². The van der Waals surface area contributed by atoms with E-state index in [1.54, 1.807) is 0 Å². The zero-order valence-electron chi connectivity index (χ0n) is 11.7. The highest BCUT2D eigenvalue weighted by Gasteiger charge is 2.32. The van der Waals surface area contributed by atoms with E-state index in [0.717, 1.165) is 11.3 Å². The molecule has 0 saturated carbocycles. The molecular weight excluding hydrogens is 319 g/mol. The minimum absolute atomic E-state index is 0.180. The number of carbonyl (C=O) groups is 2. The molecule has 1 aliphatic heterocycles. The van der Waals surface area contributed by atoms with Gasteiger partial charge in [-0.1, -0.05) is 0 Å². The molecule has 2 N–H and O–H groups in total. The van der Waals surface area contributed by atoms with Crippen molar-refractivity contribution in [3.8, 4) is 0 Å². The Hall–Kier alpha value is -1.61. The number of thiophene rings is 1. The average molecular weight is 335 g/mol. The van der Waals surface area contributed by atoms with Crippen molar-refractivity contribution in [3.63, 3.8) is 0 Å². The van der Waals surface area contributed by atoms with Crippen LogP contribution in [-0.4, -0.2) is 60.5 Å². The number of nitrogens with zero attached hydrogens (tertiary/aromatic N) is 2. The van der Waals surface area contributed by atoms with Crippen LogP contribution in [0.25, 0.3) is 0 Å². The molecule has 1 aromatic heterocycles. The third-order valence-corrected chi connectivity index (χ3v) is 4.43. The molecule has 0 bridgehead atoms. The minimum atomic E-state index is -4.23. The SMILES string of the molecule is NC(=O)c1ccc(C(=O)N2CCCN(CC(F)(F)F)CC2)s1. The van der Waals surface area contributed by atoms with E-state index in [1.807, 2.05) is 0 Å². The first kappa shape index (κ1) is 16.8. The van der Waals surface area contributed by atoms with Crippen molar-refractivity contribution in [1.29, 1.82) is 0 Å². The smallest absolute Gasteiger partial charge is 0.365 e. The van der Waals surface area contributed by atoms with E-state index in [-0.39, 0.29) is 23.9 Å². The molecule has 2 heterocycles. The Balaban J connectivity index is 1.98. The molecule has 0 spiro atoms. The molecule has 1 fully saturated rings. The zero-order valence-corrected chi connectivity index (χ0v) is 12.5. The molecule has 0 unspecified atom stereocenters.